The van der Waals surface area contributed by atoms with Crippen LogP contribution in [0.25, 0.3) is 0 Å². The van der Waals surface area contributed by atoms with Gasteiger partial charge in [-0.1, -0.05) is 55.8 Å². The first kappa shape index (κ1) is 33.5. The average Bonchev–Trinajstić information content (AvgIpc) is 2.95. The van der Waals surface area contributed by atoms with Gasteiger partial charge in [-0.2, -0.15) is 0 Å². The highest BCUT2D eigenvalue weighted by Gasteiger charge is 2.28. The standard InChI is InChI=1S/C29H44ClN3O7/c1-3-38-16-17-39-15-14-33(2)27(35)13-12-25(20-34)31-28(36)26(19-22-8-5-4-6-9-22)32-29(37)40-21-23-10-7-11-24(30)18-23/h7,10-11,18,20,22,25-26H,3-6,8-9,12-17,19,21H2,1-2H3,(H,31,36)(H,32,37)/t25-,26-/m0/s1. The van der Waals surface area contributed by atoms with Crippen molar-refractivity contribution in [1.82, 2.24) is 15.5 Å². The number of amides is 3. The topological polar surface area (TPSA) is 123 Å². The smallest absolute Gasteiger partial charge is 0.408 e. The number of nitrogens with one attached hydrogen (secondary N) is 2. The van der Waals surface area contributed by atoms with E-state index in [4.69, 9.17) is 25.8 Å². The summed E-state index contributed by atoms with van der Waals surface area (Å²) in [6.45, 7) is 4.30. The van der Waals surface area contributed by atoms with Gasteiger partial charge in [-0.25, -0.2) is 4.79 Å². The first-order valence-electron chi connectivity index (χ1n) is 14.1. The highest BCUT2D eigenvalue weighted by molar-refractivity contribution is 6.30. The maximum Gasteiger partial charge on any atom is 0.408 e. The van der Waals surface area contributed by atoms with E-state index in [1.54, 1.807) is 31.3 Å². The molecule has 40 heavy (non-hydrogen) atoms. The quantitative estimate of drug-likeness (QED) is 0.199. The molecule has 0 radical (unpaired) electrons. The van der Waals surface area contributed by atoms with Gasteiger partial charge in [0.05, 0.1) is 25.9 Å². The van der Waals surface area contributed by atoms with Crippen LogP contribution in [0.2, 0.25) is 5.02 Å². The van der Waals surface area contributed by atoms with Crippen molar-refractivity contribution in [3.8, 4) is 0 Å². The van der Waals surface area contributed by atoms with Crippen LogP contribution >= 0.6 is 11.6 Å². The molecule has 2 rings (SSSR count). The molecule has 1 saturated carbocycles. The summed E-state index contributed by atoms with van der Waals surface area (Å²) in [7, 11) is 1.67. The Balaban J connectivity index is 1.86. The lowest BCUT2D eigenvalue weighted by Gasteiger charge is -2.27. The van der Waals surface area contributed by atoms with E-state index in [0.29, 0.717) is 56.6 Å². The molecule has 3 amide bonds. The maximum absolute atomic E-state index is 13.2. The summed E-state index contributed by atoms with van der Waals surface area (Å²) >= 11 is 5.99. The fourth-order valence-electron chi connectivity index (χ4n) is 4.57. The van der Waals surface area contributed by atoms with Gasteiger partial charge >= 0.3 is 6.09 Å². The van der Waals surface area contributed by atoms with Gasteiger partial charge in [-0.05, 0) is 43.4 Å². The molecule has 10 nitrogen and oxygen atoms in total. The van der Waals surface area contributed by atoms with Crippen LogP contribution in [0.5, 0.6) is 0 Å². The van der Waals surface area contributed by atoms with Gasteiger partial charge in [0.2, 0.25) is 11.8 Å². The Morgan fingerprint density at radius 2 is 1.85 bits per heavy atom. The van der Waals surface area contributed by atoms with Gasteiger partial charge in [-0.3, -0.25) is 9.59 Å². The lowest BCUT2D eigenvalue weighted by Crippen LogP contribution is -2.51. The van der Waals surface area contributed by atoms with E-state index in [-0.39, 0.29) is 25.4 Å². The molecular formula is C29H44ClN3O7. The molecule has 0 unspecified atom stereocenters. The van der Waals surface area contributed by atoms with E-state index in [1.165, 1.54) is 4.90 Å². The molecule has 224 valence electrons. The van der Waals surface area contributed by atoms with Crippen molar-refractivity contribution in [2.24, 2.45) is 5.92 Å². The summed E-state index contributed by atoms with van der Waals surface area (Å²) < 4.78 is 16.0. The Morgan fingerprint density at radius 1 is 1.10 bits per heavy atom. The van der Waals surface area contributed by atoms with Crippen molar-refractivity contribution < 1.29 is 33.4 Å². The molecule has 1 aromatic carbocycles. The molecule has 0 aliphatic heterocycles. The lowest BCUT2D eigenvalue weighted by atomic mass is 9.84. The molecule has 0 aromatic heterocycles. The largest absolute Gasteiger partial charge is 0.445 e. The molecule has 1 aromatic rings. The molecule has 0 heterocycles. The van der Waals surface area contributed by atoms with E-state index < -0.39 is 24.1 Å². The number of likely N-dealkylation sites (N-methyl/N-ethyl adjacent to an activating group) is 1. The van der Waals surface area contributed by atoms with Crippen LogP contribution in [-0.4, -0.2) is 81.2 Å². The Labute approximate surface area is 242 Å². The molecule has 1 aliphatic carbocycles. The average molecular weight is 582 g/mol. The van der Waals surface area contributed by atoms with Crippen LogP contribution in [-0.2, 0) is 35.2 Å². The zero-order valence-electron chi connectivity index (χ0n) is 23.7. The summed E-state index contributed by atoms with van der Waals surface area (Å²) in [5.41, 5.74) is 0.726. The van der Waals surface area contributed by atoms with Gasteiger partial charge in [0.25, 0.3) is 0 Å². The normalized spacial score (nSPS) is 15.1. The Bertz CT molecular complexity index is 927. The Morgan fingerprint density at radius 3 is 2.55 bits per heavy atom. The van der Waals surface area contributed by atoms with E-state index in [1.807, 2.05) is 6.92 Å². The molecular weight excluding hydrogens is 538 g/mol. The van der Waals surface area contributed by atoms with Gasteiger partial charge < -0.3 is 34.5 Å². The molecule has 11 heteroatoms. The van der Waals surface area contributed by atoms with Gasteiger partial charge in [0.1, 0.15) is 18.9 Å². The number of halogens is 1. The van der Waals surface area contributed by atoms with Crippen molar-refractivity contribution in [2.75, 3.05) is 40.0 Å². The fourth-order valence-corrected chi connectivity index (χ4v) is 4.78. The highest BCUT2D eigenvalue weighted by atomic mass is 35.5. The summed E-state index contributed by atoms with van der Waals surface area (Å²) in [5, 5.41) is 5.92. The van der Waals surface area contributed by atoms with Crippen LogP contribution in [0, 0.1) is 5.92 Å². The minimum Gasteiger partial charge on any atom is -0.445 e. The number of aldehydes is 1. The molecule has 0 spiro atoms. The predicted molar refractivity (Wildman–Crippen MR) is 152 cm³/mol. The molecule has 1 aliphatic rings. The summed E-state index contributed by atoms with van der Waals surface area (Å²) in [6.07, 6.45) is 5.89. The Hall–Kier alpha value is -2.69. The Kier molecular flexibility index (Phi) is 16.3. The zero-order valence-corrected chi connectivity index (χ0v) is 24.5. The maximum atomic E-state index is 13.2. The van der Waals surface area contributed by atoms with E-state index in [9.17, 15) is 19.2 Å². The highest BCUT2D eigenvalue weighted by Crippen LogP contribution is 2.27. The molecule has 2 N–H and O–H groups in total. The minimum absolute atomic E-state index is 0.00824. The van der Waals surface area contributed by atoms with Gasteiger partial charge in [-0.15, -0.1) is 0 Å². The molecule has 0 saturated heterocycles. The number of carbonyl (C=O) groups excluding carboxylic acids is 4. The third-order valence-corrected chi connectivity index (χ3v) is 7.13. The SMILES string of the molecule is CCOCCOCCN(C)C(=O)CC[C@@H](C=O)NC(=O)[C@H](CC1CCCCC1)NC(=O)OCc1cccc(Cl)c1. The van der Waals surface area contributed by atoms with E-state index >= 15 is 0 Å². The van der Waals surface area contributed by atoms with Crippen molar-refractivity contribution >= 4 is 35.8 Å². The lowest BCUT2D eigenvalue weighted by molar-refractivity contribution is -0.131. The fraction of sp³-hybridized carbons (Fsp3) is 0.655. The first-order valence-corrected chi connectivity index (χ1v) is 14.5. The third kappa shape index (κ3) is 13.6. The molecule has 0 bridgehead atoms. The summed E-state index contributed by atoms with van der Waals surface area (Å²) in [4.78, 5) is 51.6. The second-order valence-electron chi connectivity index (χ2n) is 10.1. The monoisotopic (exact) mass is 581 g/mol. The van der Waals surface area contributed by atoms with Crippen molar-refractivity contribution in [3.63, 3.8) is 0 Å². The van der Waals surface area contributed by atoms with E-state index in [2.05, 4.69) is 10.6 Å². The first-order chi connectivity index (χ1) is 19.3. The van der Waals surface area contributed by atoms with Gasteiger partial charge in [0, 0.05) is 31.6 Å². The van der Waals surface area contributed by atoms with Crippen LogP contribution in [0.15, 0.2) is 24.3 Å². The number of rotatable bonds is 18. The van der Waals surface area contributed by atoms with Crippen molar-refractivity contribution in [1.29, 1.82) is 0 Å². The second-order valence-corrected chi connectivity index (χ2v) is 10.5. The summed E-state index contributed by atoms with van der Waals surface area (Å²) in [6, 6.07) is 5.26. The number of nitrogens with zero attached hydrogens (tertiary/aromatic N) is 1. The molecule has 1 fully saturated rings. The van der Waals surface area contributed by atoms with Crippen LogP contribution < -0.4 is 10.6 Å². The summed E-state index contributed by atoms with van der Waals surface area (Å²) in [5.74, 6) is -0.333. The van der Waals surface area contributed by atoms with Crippen LogP contribution in [0.4, 0.5) is 4.79 Å². The number of hydrogen-bond acceptors (Lipinski definition) is 7. The second kappa shape index (κ2) is 19.4. The zero-order chi connectivity index (χ0) is 29.2. The predicted octanol–water partition coefficient (Wildman–Crippen LogP) is 3.88. The molecule has 2 atom stereocenters. The van der Waals surface area contributed by atoms with Crippen LogP contribution in [0.3, 0.4) is 0 Å². The number of hydrogen-bond donors (Lipinski definition) is 2. The minimum atomic E-state index is -0.857. The number of benzene rings is 1. The number of alkyl carbamates (subject to hydrolysis) is 1. The van der Waals surface area contributed by atoms with E-state index in [0.717, 1.165) is 37.7 Å². The number of carbonyl (C=O) groups is 4. The van der Waals surface area contributed by atoms with Crippen LogP contribution in [0.1, 0.15) is 63.9 Å². The third-order valence-electron chi connectivity index (χ3n) is 6.90. The number of ether oxygens (including phenoxy) is 3. The van der Waals surface area contributed by atoms with Gasteiger partial charge in [0.15, 0.2) is 0 Å². The van der Waals surface area contributed by atoms with Crippen molar-refractivity contribution in [2.45, 2.75) is 77.0 Å². The van der Waals surface area contributed by atoms with Crippen molar-refractivity contribution in [3.05, 3.63) is 34.9 Å².